The van der Waals surface area contributed by atoms with Gasteiger partial charge in [0.1, 0.15) is 0 Å². The Kier molecular flexibility index (Phi) is 5.49. The van der Waals surface area contributed by atoms with E-state index in [9.17, 15) is 4.79 Å². The first-order valence-electron chi connectivity index (χ1n) is 10.3. The van der Waals surface area contributed by atoms with Crippen LogP contribution in [0, 0.1) is 5.92 Å². The molecule has 1 amide bonds. The molecule has 0 bridgehead atoms. The van der Waals surface area contributed by atoms with Crippen molar-refractivity contribution >= 4 is 22.5 Å². The molecule has 0 radical (unpaired) electrons. The maximum atomic E-state index is 12.0. The molecule has 28 heavy (non-hydrogen) atoms. The Morgan fingerprint density at radius 1 is 1.07 bits per heavy atom. The zero-order valence-corrected chi connectivity index (χ0v) is 16.8. The minimum absolute atomic E-state index is 0.00309. The standard InChI is InChI=1S/C24H29N3O/c1-18(2)24(28)25-22-8-5-7-21(16-22)19-10-13-26(14-11-19)17-27-15-12-20-6-3-4-9-23(20)27/h3-9,12,15-16,18-19H,10-11,13-14,17H2,1-2H3,(H,25,28). The first-order chi connectivity index (χ1) is 13.6. The molecule has 4 nitrogen and oxygen atoms in total. The van der Waals surface area contributed by atoms with Crippen molar-refractivity contribution in [1.82, 2.24) is 9.47 Å². The lowest BCUT2D eigenvalue weighted by molar-refractivity contribution is -0.118. The van der Waals surface area contributed by atoms with Gasteiger partial charge in [0.05, 0.1) is 6.67 Å². The van der Waals surface area contributed by atoms with Crippen LogP contribution in [-0.2, 0) is 11.5 Å². The number of piperidine rings is 1. The molecule has 0 aliphatic carbocycles. The highest BCUT2D eigenvalue weighted by Gasteiger charge is 2.21. The number of rotatable bonds is 5. The zero-order chi connectivity index (χ0) is 19.5. The number of hydrogen-bond donors (Lipinski definition) is 1. The zero-order valence-electron chi connectivity index (χ0n) is 16.8. The van der Waals surface area contributed by atoms with Crippen LogP contribution in [0.4, 0.5) is 5.69 Å². The average molecular weight is 376 g/mol. The monoisotopic (exact) mass is 375 g/mol. The van der Waals surface area contributed by atoms with E-state index in [2.05, 4.69) is 69.5 Å². The largest absolute Gasteiger partial charge is 0.334 e. The van der Waals surface area contributed by atoms with Gasteiger partial charge in [0.2, 0.25) is 5.91 Å². The SMILES string of the molecule is CC(C)C(=O)Nc1cccc(C2CCN(Cn3ccc4ccccc43)CC2)c1. The van der Waals surface area contributed by atoms with Crippen LogP contribution in [0.25, 0.3) is 10.9 Å². The molecule has 0 spiro atoms. The van der Waals surface area contributed by atoms with Crippen molar-refractivity contribution in [2.45, 2.75) is 39.3 Å². The molecule has 1 aliphatic rings. The number of anilines is 1. The summed E-state index contributed by atoms with van der Waals surface area (Å²) >= 11 is 0. The Morgan fingerprint density at radius 3 is 2.64 bits per heavy atom. The van der Waals surface area contributed by atoms with Crippen molar-refractivity contribution in [3.63, 3.8) is 0 Å². The van der Waals surface area contributed by atoms with E-state index in [1.165, 1.54) is 16.5 Å². The van der Waals surface area contributed by atoms with Crippen LogP contribution >= 0.6 is 0 Å². The third-order valence-electron chi connectivity index (χ3n) is 5.77. The third kappa shape index (κ3) is 4.12. The van der Waals surface area contributed by atoms with E-state index < -0.39 is 0 Å². The second-order valence-corrected chi connectivity index (χ2v) is 8.15. The minimum atomic E-state index is -0.00309. The number of likely N-dealkylation sites (tertiary alicyclic amines) is 1. The van der Waals surface area contributed by atoms with Crippen LogP contribution in [0.15, 0.2) is 60.8 Å². The van der Waals surface area contributed by atoms with Gasteiger partial charge in [-0.3, -0.25) is 9.69 Å². The molecule has 1 saturated heterocycles. The summed E-state index contributed by atoms with van der Waals surface area (Å²) in [6.07, 6.45) is 4.50. The number of carbonyl (C=O) groups is 1. The smallest absolute Gasteiger partial charge is 0.226 e. The molecule has 1 N–H and O–H groups in total. The van der Waals surface area contributed by atoms with Gasteiger partial charge in [-0.1, -0.05) is 44.2 Å². The number of benzene rings is 2. The minimum Gasteiger partial charge on any atom is -0.334 e. The van der Waals surface area contributed by atoms with E-state index in [1.807, 2.05) is 19.9 Å². The van der Waals surface area contributed by atoms with Gasteiger partial charge in [-0.05, 0) is 54.0 Å². The lowest BCUT2D eigenvalue weighted by atomic mass is 9.89. The summed E-state index contributed by atoms with van der Waals surface area (Å²) in [4.78, 5) is 14.5. The van der Waals surface area contributed by atoms with E-state index in [1.54, 1.807) is 0 Å². The van der Waals surface area contributed by atoms with E-state index in [0.29, 0.717) is 5.92 Å². The third-order valence-corrected chi connectivity index (χ3v) is 5.77. The van der Waals surface area contributed by atoms with Crippen LogP contribution in [0.2, 0.25) is 0 Å². The molecule has 4 rings (SSSR count). The van der Waals surface area contributed by atoms with Crippen molar-refractivity contribution in [3.8, 4) is 0 Å². The van der Waals surface area contributed by atoms with Crippen LogP contribution < -0.4 is 5.32 Å². The van der Waals surface area contributed by atoms with E-state index >= 15 is 0 Å². The van der Waals surface area contributed by atoms with Gasteiger partial charge >= 0.3 is 0 Å². The molecule has 1 aliphatic heterocycles. The van der Waals surface area contributed by atoms with Crippen LogP contribution in [-0.4, -0.2) is 28.5 Å². The Labute approximate surface area is 167 Å². The van der Waals surface area contributed by atoms with Crippen LogP contribution in [0.5, 0.6) is 0 Å². The van der Waals surface area contributed by atoms with Gasteiger partial charge in [-0.15, -0.1) is 0 Å². The van der Waals surface area contributed by atoms with Crippen molar-refractivity contribution < 1.29 is 4.79 Å². The van der Waals surface area contributed by atoms with Crippen molar-refractivity contribution in [3.05, 3.63) is 66.4 Å². The molecule has 2 aromatic carbocycles. The number of aromatic nitrogens is 1. The Hall–Kier alpha value is -2.59. The first kappa shape index (κ1) is 18.8. The van der Waals surface area contributed by atoms with Crippen LogP contribution in [0.1, 0.15) is 38.2 Å². The number of fused-ring (bicyclic) bond motifs is 1. The lowest BCUT2D eigenvalue weighted by Crippen LogP contribution is -2.34. The predicted molar refractivity (Wildman–Crippen MR) is 115 cm³/mol. The van der Waals surface area contributed by atoms with Gasteiger partial charge in [-0.2, -0.15) is 0 Å². The van der Waals surface area contributed by atoms with Crippen molar-refractivity contribution in [1.29, 1.82) is 0 Å². The van der Waals surface area contributed by atoms with Gasteiger partial charge < -0.3 is 9.88 Å². The highest BCUT2D eigenvalue weighted by Crippen LogP contribution is 2.30. The number of nitrogens with zero attached hydrogens (tertiary/aromatic N) is 2. The Morgan fingerprint density at radius 2 is 1.86 bits per heavy atom. The fourth-order valence-electron chi connectivity index (χ4n) is 4.04. The summed E-state index contributed by atoms with van der Waals surface area (Å²) in [7, 11) is 0. The normalized spacial score (nSPS) is 16.0. The summed E-state index contributed by atoms with van der Waals surface area (Å²) in [5.41, 5.74) is 3.56. The highest BCUT2D eigenvalue weighted by molar-refractivity contribution is 5.92. The molecular weight excluding hydrogens is 346 g/mol. The number of carbonyl (C=O) groups excluding carboxylic acids is 1. The molecule has 0 saturated carbocycles. The number of para-hydroxylation sites is 1. The second kappa shape index (κ2) is 8.19. The summed E-state index contributed by atoms with van der Waals surface area (Å²) in [5, 5.41) is 4.33. The summed E-state index contributed by atoms with van der Waals surface area (Å²) in [6.45, 7) is 6.98. The average Bonchev–Trinajstić information content (AvgIpc) is 3.12. The number of amides is 1. The molecule has 1 fully saturated rings. The van der Waals surface area contributed by atoms with Gasteiger partial charge in [0.25, 0.3) is 0 Å². The molecule has 0 atom stereocenters. The predicted octanol–water partition coefficient (Wildman–Crippen LogP) is 5.07. The van der Waals surface area contributed by atoms with Crippen molar-refractivity contribution in [2.24, 2.45) is 5.92 Å². The topological polar surface area (TPSA) is 37.3 Å². The fraction of sp³-hybridized carbons (Fsp3) is 0.375. The van der Waals surface area contributed by atoms with E-state index in [-0.39, 0.29) is 11.8 Å². The summed E-state index contributed by atoms with van der Waals surface area (Å²) in [6, 6.07) is 19.2. The summed E-state index contributed by atoms with van der Waals surface area (Å²) < 4.78 is 2.34. The summed E-state index contributed by atoms with van der Waals surface area (Å²) in [5.74, 6) is 0.635. The maximum absolute atomic E-state index is 12.0. The molecule has 146 valence electrons. The highest BCUT2D eigenvalue weighted by atomic mass is 16.1. The Balaban J connectivity index is 1.37. The maximum Gasteiger partial charge on any atom is 0.226 e. The molecule has 1 aromatic heterocycles. The number of nitrogens with one attached hydrogen (secondary N) is 1. The van der Waals surface area contributed by atoms with Crippen LogP contribution in [0.3, 0.4) is 0 Å². The van der Waals surface area contributed by atoms with E-state index in [4.69, 9.17) is 0 Å². The van der Waals surface area contributed by atoms with Gasteiger partial charge in [0.15, 0.2) is 0 Å². The molecule has 4 heteroatoms. The molecule has 0 unspecified atom stereocenters. The lowest BCUT2D eigenvalue weighted by Gasteiger charge is -2.32. The number of hydrogen-bond acceptors (Lipinski definition) is 2. The quantitative estimate of drug-likeness (QED) is 0.676. The fourth-order valence-corrected chi connectivity index (χ4v) is 4.04. The Bertz CT molecular complexity index is 951. The first-order valence-corrected chi connectivity index (χ1v) is 10.3. The van der Waals surface area contributed by atoms with E-state index in [0.717, 1.165) is 38.3 Å². The molecule has 2 heterocycles. The van der Waals surface area contributed by atoms with Gasteiger partial charge in [-0.25, -0.2) is 0 Å². The van der Waals surface area contributed by atoms with Gasteiger partial charge in [0, 0.05) is 36.4 Å². The molecule has 3 aromatic rings. The second-order valence-electron chi connectivity index (χ2n) is 8.15. The molecular formula is C24H29N3O. The van der Waals surface area contributed by atoms with Crippen molar-refractivity contribution in [2.75, 3.05) is 18.4 Å².